The second kappa shape index (κ2) is 17.1. The fourth-order valence-electron chi connectivity index (χ4n) is 12.3. The van der Waals surface area contributed by atoms with E-state index in [1.54, 1.807) is 0 Å². The van der Waals surface area contributed by atoms with E-state index < -0.39 is 24.3 Å². The SMILES string of the molecule is COC(=O)N[C@H](C(=O)N1CCC[C@H]1c1nc2ccc(-c3ccc(-c4ccc(C5=CN=C([C@@H]6C7CCC(C7)N6C(=O)[C@@H](NC(=O)OC)C(C)C)C5)cc4)c4c3C3CCC4C3)cc2[nH]1)C(C)C. The minimum atomic E-state index is -0.684. The second-order valence-electron chi connectivity index (χ2n) is 19.9. The molecule has 6 aliphatic rings. The van der Waals surface area contributed by atoms with Gasteiger partial charge in [-0.05, 0) is 138 Å². The average molecular weight is 880 g/mol. The molecule has 2 saturated carbocycles. The van der Waals surface area contributed by atoms with Gasteiger partial charge in [-0.25, -0.2) is 14.6 Å². The fraction of sp³-hybridized carbons (Fsp3) is 0.500. The highest BCUT2D eigenvalue weighted by Gasteiger charge is 2.52. The summed E-state index contributed by atoms with van der Waals surface area (Å²) in [6.45, 7) is 8.37. The molecule has 13 nitrogen and oxygen atoms in total. The first-order valence-electron chi connectivity index (χ1n) is 23.8. The molecule has 65 heavy (non-hydrogen) atoms. The van der Waals surface area contributed by atoms with Crippen molar-refractivity contribution in [2.45, 2.75) is 128 Å². The molecule has 2 saturated heterocycles. The van der Waals surface area contributed by atoms with Crippen LogP contribution in [0.3, 0.4) is 0 Å². The predicted molar refractivity (Wildman–Crippen MR) is 250 cm³/mol. The summed E-state index contributed by atoms with van der Waals surface area (Å²) in [5.41, 5.74) is 13.1. The molecule has 4 bridgehead atoms. The maximum atomic E-state index is 14.1. The molecule has 3 aromatic carbocycles. The molecule has 3 aliphatic heterocycles. The van der Waals surface area contributed by atoms with Gasteiger partial charge in [-0.1, -0.05) is 70.2 Å². The normalized spacial score (nSPS) is 25.0. The molecule has 4 unspecified atom stereocenters. The maximum Gasteiger partial charge on any atom is 0.407 e. The molecule has 3 N–H and O–H groups in total. The number of piperidine rings is 1. The van der Waals surface area contributed by atoms with E-state index in [-0.39, 0.29) is 41.8 Å². The van der Waals surface area contributed by atoms with Gasteiger partial charge in [-0.2, -0.15) is 0 Å². The number of hydrogen-bond acceptors (Lipinski definition) is 8. The Kier molecular flexibility index (Phi) is 11.3. The number of carbonyl (C=O) groups is 4. The van der Waals surface area contributed by atoms with Crippen LogP contribution in [-0.2, 0) is 19.1 Å². The number of nitrogens with one attached hydrogen (secondary N) is 3. The second-order valence-corrected chi connectivity index (χ2v) is 19.9. The van der Waals surface area contributed by atoms with E-state index in [0.29, 0.717) is 30.7 Å². The lowest BCUT2D eigenvalue weighted by atomic mass is 9.81. The highest BCUT2D eigenvalue weighted by Crippen LogP contribution is 2.58. The summed E-state index contributed by atoms with van der Waals surface area (Å²) in [6, 6.07) is 18.7. The van der Waals surface area contributed by atoms with Crippen molar-refractivity contribution in [2.24, 2.45) is 22.7 Å². The Balaban J connectivity index is 0.870. The topological polar surface area (TPSA) is 158 Å². The Bertz CT molecular complexity index is 2610. The van der Waals surface area contributed by atoms with Crippen molar-refractivity contribution < 1.29 is 28.7 Å². The zero-order valence-corrected chi connectivity index (χ0v) is 38.4. The molecule has 1 aromatic heterocycles. The fourth-order valence-corrected chi connectivity index (χ4v) is 12.3. The quantitative estimate of drug-likeness (QED) is 0.136. The van der Waals surface area contributed by atoms with E-state index in [1.807, 2.05) is 43.7 Å². The van der Waals surface area contributed by atoms with Crippen molar-refractivity contribution in [2.75, 3.05) is 20.8 Å². The third-order valence-corrected chi connectivity index (χ3v) is 15.5. The summed E-state index contributed by atoms with van der Waals surface area (Å²) >= 11 is 0. The maximum absolute atomic E-state index is 14.1. The summed E-state index contributed by atoms with van der Waals surface area (Å²) in [4.78, 5) is 69.7. The number of rotatable bonds is 11. The monoisotopic (exact) mass is 879 g/mol. The largest absolute Gasteiger partial charge is 0.453 e. The smallest absolute Gasteiger partial charge is 0.407 e. The molecule has 10 rings (SSSR count). The highest BCUT2D eigenvalue weighted by atomic mass is 16.5. The number of nitrogens with zero attached hydrogens (tertiary/aromatic N) is 4. The van der Waals surface area contributed by atoms with Crippen LogP contribution < -0.4 is 10.6 Å². The Hall–Kier alpha value is -5.98. The molecule has 4 heterocycles. The van der Waals surface area contributed by atoms with Gasteiger partial charge in [0.25, 0.3) is 0 Å². The van der Waals surface area contributed by atoms with Gasteiger partial charge in [0.1, 0.15) is 17.9 Å². The molecular weight excluding hydrogens is 819 g/mol. The standard InChI is InChI=1S/C52H61N7O6/c1-27(2)45(56-51(62)64-5)49(60)58-21-7-8-42(58)48-54-39-20-16-31(24-40(39)55-48)38-19-18-37(43-32-13-14-33(22-32)44(38)43)30-11-9-29(10-12-30)35-25-41(53-26-35)47-34-15-17-36(23-34)59(47)50(61)46(28(3)4)57-52(63)65-6/h9-12,16,18-20,24,26-28,32-34,36,42,45-47H,7-8,13-15,17,21-23,25H2,1-6H3,(H,54,55)(H,56,62)(H,57,63)/t32?,33?,34?,36?,42-,45-,46-,47-/m0/s1. The summed E-state index contributed by atoms with van der Waals surface area (Å²) in [5.74, 6) is 1.89. The van der Waals surface area contributed by atoms with Crippen molar-refractivity contribution >= 4 is 46.3 Å². The van der Waals surface area contributed by atoms with Gasteiger partial charge in [-0.15, -0.1) is 0 Å². The third kappa shape index (κ3) is 7.58. The Labute approximate surface area is 380 Å². The molecule has 340 valence electrons. The van der Waals surface area contributed by atoms with Crippen LogP contribution in [0.1, 0.15) is 126 Å². The van der Waals surface area contributed by atoms with Crippen LogP contribution in [0, 0.1) is 17.8 Å². The number of aromatic nitrogens is 2. The number of aromatic amines is 1. The van der Waals surface area contributed by atoms with Crippen LogP contribution in [0.5, 0.6) is 0 Å². The first-order valence-corrected chi connectivity index (χ1v) is 23.8. The number of aliphatic imine (C=N–C) groups is 1. The van der Waals surface area contributed by atoms with E-state index >= 15 is 0 Å². The Morgan fingerprint density at radius 1 is 0.738 bits per heavy atom. The molecule has 8 atom stereocenters. The number of ether oxygens (including phenoxy) is 2. The van der Waals surface area contributed by atoms with Gasteiger partial charge in [-0.3, -0.25) is 14.6 Å². The van der Waals surface area contributed by atoms with Gasteiger partial charge in [0, 0.05) is 30.9 Å². The third-order valence-electron chi connectivity index (χ3n) is 15.5. The van der Waals surface area contributed by atoms with Crippen molar-refractivity contribution in [1.29, 1.82) is 0 Å². The van der Waals surface area contributed by atoms with Crippen LogP contribution in [0.15, 0.2) is 65.8 Å². The number of amides is 4. The number of H-pyrrole nitrogens is 1. The number of methoxy groups -OCH3 is 2. The average Bonchev–Trinajstić information content (AvgIpc) is 4.18. The van der Waals surface area contributed by atoms with Gasteiger partial charge in [0.15, 0.2) is 0 Å². The van der Waals surface area contributed by atoms with E-state index in [2.05, 4.69) is 70.2 Å². The van der Waals surface area contributed by atoms with Crippen LogP contribution in [0.25, 0.3) is 38.9 Å². The van der Waals surface area contributed by atoms with E-state index in [4.69, 9.17) is 19.5 Å². The van der Waals surface area contributed by atoms with Crippen molar-refractivity contribution in [3.05, 3.63) is 83.3 Å². The molecular formula is C52H61N7O6. The van der Waals surface area contributed by atoms with Gasteiger partial charge >= 0.3 is 12.2 Å². The first-order chi connectivity index (χ1) is 31.4. The molecule has 4 amide bonds. The zero-order chi connectivity index (χ0) is 45.3. The highest BCUT2D eigenvalue weighted by molar-refractivity contribution is 6.04. The van der Waals surface area contributed by atoms with Crippen LogP contribution >= 0.6 is 0 Å². The zero-order valence-electron chi connectivity index (χ0n) is 38.4. The van der Waals surface area contributed by atoms with Crippen molar-refractivity contribution in [3.63, 3.8) is 0 Å². The van der Waals surface area contributed by atoms with Crippen molar-refractivity contribution in [1.82, 2.24) is 30.4 Å². The van der Waals surface area contributed by atoms with E-state index in [1.165, 1.54) is 66.9 Å². The van der Waals surface area contributed by atoms with Gasteiger partial charge in [0.2, 0.25) is 11.8 Å². The van der Waals surface area contributed by atoms with E-state index in [9.17, 15) is 19.2 Å². The number of benzene rings is 3. The van der Waals surface area contributed by atoms with Crippen LogP contribution in [-0.4, -0.2) is 94.4 Å². The predicted octanol–water partition coefficient (Wildman–Crippen LogP) is 9.25. The van der Waals surface area contributed by atoms with Gasteiger partial charge in [0.05, 0.1) is 37.3 Å². The molecule has 0 spiro atoms. The lowest BCUT2D eigenvalue weighted by molar-refractivity contribution is -0.137. The Morgan fingerprint density at radius 2 is 1.37 bits per heavy atom. The lowest BCUT2D eigenvalue weighted by Crippen LogP contribution is -2.57. The lowest BCUT2D eigenvalue weighted by Gasteiger charge is -2.38. The van der Waals surface area contributed by atoms with Gasteiger partial charge < -0.3 is 34.9 Å². The first kappa shape index (κ1) is 42.9. The summed E-state index contributed by atoms with van der Waals surface area (Å²) in [5, 5.41) is 5.55. The van der Waals surface area contributed by atoms with Crippen molar-refractivity contribution in [3.8, 4) is 22.3 Å². The number of carbonyl (C=O) groups excluding carboxylic acids is 4. The minimum Gasteiger partial charge on any atom is -0.453 e. The van der Waals surface area contributed by atoms with Crippen LogP contribution in [0.4, 0.5) is 9.59 Å². The minimum absolute atomic E-state index is 0.0415. The Morgan fingerprint density at radius 3 is 2.03 bits per heavy atom. The molecule has 13 heteroatoms. The molecule has 0 radical (unpaired) electrons. The molecule has 4 fully saturated rings. The number of imidazole rings is 1. The summed E-state index contributed by atoms with van der Waals surface area (Å²) in [6.07, 6.45) is 9.82. The number of likely N-dealkylation sites (tertiary alicyclic amines) is 2. The summed E-state index contributed by atoms with van der Waals surface area (Å²) in [7, 11) is 2.64. The molecule has 3 aliphatic carbocycles. The van der Waals surface area contributed by atoms with E-state index in [0.717, 1.165) is 65.8 Å². The summed E-state index contributed by atoms with van der Waals surface area (Å²) < 4.78 is 9.69. The number of allylic oxidation sites excluding steroid dienone is 1. The van der Waals surface area contributed by atoms with Crippen LogP contribution in [0.2, 0.25) is 0 Å². The number of fused-ring (bicyclic) bond motifs is 8. The number of alkyl carbamates (subject to hydrolysis) is 2. The number of hydrogen-bond donors (Lipinski definition) is 3. The molecule has 4 aromatic rings.